The minimum Gasteiger partial charge on any atom is -0.497 e. The molecule has 1 saturated heterocycles. The Hall–Kier alpha value is -2.96. The van der Waals surface area contributed by atoms with Crippen LogP contribution in [0.25, 0.3) is 0 Å². The number of ether oxygens (including phenoxy) is 2. The second-order valence-electron chi connectivity index (χ2n) is 7.36. The number of nitrogens with zero attached hydrogens (tertiary/aromatic N) is 2. The van der Waals surface area contributed by atoms with E-state index in [0.29, 0.717) is 36.7 Å². The number of amides is 2. The second kappa shape index (κ2) is 9.03. The van der Waals surface area contributed by atoms with Crippen LogP contribution in [0.4, 0.5) is 0 Å². The van der Waals surface area contributed by atoms with Crippen LogP contribution >= 0.6 is 0 Å². The van der Waals surface area contributed by atoms with Gasteiger partial charge in [-0.1, -0.05) is 0 Å². The van der Waals surface area contributed by atoms with E-state index in [1.807, 2.05) is 24.0 Å². The number of benzene rings is 1. The van der Waals surface area contributed by atoms with E-state index < -0.39 is 0 Å². The van der Waals surface area contributed by atoms with E-state index >= 15 is 0 Å². The number of aryl methyl sites for hydroxylation is 1. The van der Waals surface area contributed by atoms with Gasteiger partial charge in [0.1, 0.15) is 29.1 Å². The maximum Gasteiger partial charge on any atom is 0.257 e. The van der Waals surface area contributed by atoms with Crippen LogP contribution in [0.15, 0.2) is 34.7 Å². The number of carbonyl (C=O) groups is 2. The first kappa shape index (κ1) is 20.8. The van der Waals surface area contributed by atoms with Crippen molar-refractivity contribution in [2.45, 2.75) is 39.3 Å². The highest BCUT2D eigenvalue weighted by atomic mass is 16.5. The fraction of sp³-hybridized carbons (Fsp3) is 0.455. The molecule has 1 aliphatic heterocycles. The average molecular weight is 400 g/mol. The van der Waals surface area contributed by atoms with Gasteiger partial charge in [-0.15, -0.1) is 0 Å². The molecule has 7 heteroatoms. The topological polar surface area (TPSA) is 72.2 Å². The molecule has 29 heavy (non-hydrogen) atoms. The first-order valence-electron chi connectivity index (χ1n) is 9.78. The van der Waals surface area contributed by atoms with E-state index in [2.05, 4.69) is 0 Å². The molecule has 2 amide bonds. The molecule has 1 aromatic carbocycles. The Morgan fingerprint density at radius 1 is 1.21 bits per heavy atom. The largest absolute Gasteiger partial charge is 0.497 e. The maximum absolute atomic E-state index is 13.1. The van der Waals surface area contributed by atoms with Gasteiger partial charge < -0.3 is 23.7 Å². The van der Waals surface area contributed by atoms with E-state index in [1.165, 1.54) is 0 Å². The van der Waals surface area contributed by atoms with Crippen LogP contribution in [0.1, 0.15) is 41.6 Å². The zero-order chi connectivity index (χ0) is 21.0. The molecular formula is C22H28N2O5. The number of methoxy groups -OCH3 is 1. The standard InChI is InChI=1S/C22H28N2O5/c1-15-5-6-19(28-15)14-23(3)22(26)20-13-18(27-4)7-8-21(20)29-17-9-11-24(12-10-17)16(2)25/h5-8,13,17H,9-12,14H2,1-4H3. The summed E-state index contributed by atoms with van der Waals surface area (Å²) in [7, 11) is 3.30. The fourth-order valence-electron chi connectivity index (χ4n) is 3.46. The molecular weight excluding hydrogens is 372 g/mol. The first-order valence-corrected chi connectivity index (χ1v) is 9.78. The predicted octanol–water partition coefficient (Wildman–Crippen LogP) is 3.26. The molecule has 0 unspecified atom stereocenters. The molecule has 0 radical (unpaired) electrons. The molecule has 1 aliphatic rings. The molecule has 7 nitrogen and oxygen atoms in total. The lowest BCUT2D eigenvalue weighted by Crippen LogP contribution is -2.40. The number of rotatable bonds is 6. The van der Waals surface area contributed by atoms with Crippen LogP contribution in [-0.2, 0) is 11.3 Å². The van der Waals surface area contributed by atoms with E-state index in [4.69, 9.17) is 13.9 Å². The molecule has 0 bridgehead atoms. The van der Waals surface area contributed by atoms with Crippen molar-refractivity contribution in [2.75, 3.05) is 27.2 Å². The molecule has 3 rings (SSSR count). The molecule has 1 fully saturated rings. The predicted molar refractivity (Wildman–Crippen MR) is 108 cm³/mol. The van der Waals surface area contributed by atoms with Crippen molar-refractivity contribution in [1.82, 2.24) is 9.80 Å². The van der Waals surface area contributed by atoms with Gasteiger partial charge in [0.05, 0.1) is 19.2 Å². The highest BCUT2D eigenvalue weighted by Crippen LogP contribution is 2.28. The van der Waals surface area contributed by atoms with Gasteiger partial charge in [-0.2, -0.15) is 0 Å². The van der Waals surface area contributed by atoms with Gasteiger partial charge in [-0.25, -0.2) is 0 Å². The number of hydrogen-bond donors (Lipinski definition) is 0. The number of piperidine rings is 1. The van der Waals surface area contributed by atoms with Crippen LogP contribution in [0.3, 0.4) is 0 Å². The second-order valence-corrected chi connectivity index (χ2v) is 7.36. The summed E-state index contributed by atoms with van der Waals surface area (Å²) in [6.45, 7) is 5.14. The van der Waals surface area contributed by atoms with Gasteiger partial charge >= 0.3 is 0 Å². The Labute approximate surface area is 171 Å². The van der Waals surface area contributed by atoms with E-state index in [-0.39, 0.29) is 17.9 Å². The van der Waals surface area contributed by atoms with Gasteiger partial charge in [0.25, 0.3) is 5.91 Å². The maximum atomic E-state index is 13.1. The van der Waals surface area contributed by atoms with Crippen molar-refractivity contribution in [1.29, 1.82) is 0 Å². The zero-order valence-electron chi connectivity index (χ0n) is 17.4. The quantitative estimate of drug-likeness (QED) is 0.744. The molecule has 1 aromatic heterocycles. The summed E-state index contributed by atoms with van der Waals surface area (Å²) in [6, 6.07) is 9.00. The summed E-state index contributed by atoms with van der Waals surface area (Å²) in [5, 5.41) is 0. The molecule has 0 spiro atoms. The Balaban J connectivity index is 1.74. The van der Waals surface area contributed by atoms with Crippen molar-refractivity contribution in [2.24, 2.45) is 0 Å². The van der Waals surface area contributed by atoms with Gasteiger partial charge in [0, 0.05) is 39.9 Å². The summed E-state index contributed by atoms with van der Waals surface area (Å²) in [4.78, 5) is 28.1. The van der Waals surface area contributed by atoms with E-state index in [0.717, 1.165) is 24.4 Å². The Morgan fingerprint density at radius 2 is 1.93 bits per heavy atom. The first-order chi connectivity index (χ1) is 13.9. The molecule has 2 heterocycles. The highest BCUT2D eigenvalue weighted by molar-refractivity contribution is 5.97. The minimum absolute atomic E-state index is 0.0384. The molecule has 0 atom stereocenters. The van der Waals surface area contributed by atoms with Crippen LogP contribution in [0.5, 0.6) is 11.5 Å². The van der Waals surface area contributed by atoms with Gasteiger partial charge in [-0.05, 0) is 37.3 Å². The molecule has 0 N–H and O–H groups in total. The van der Waals surface area contributed by atoms with Crippen molar-refractivity contribution in [3.8, 4) is 11.5 Å². The van der Waals surface area contributed by atoms with Gasteiger partial charge in [0.15, 0.2) is 0 Å². The lowest BCUT2D eigenvalue weighted by molar-refractivity contribution is -0.130. The third-order valence-corrected chi connectivity index (χ3v) is 5.13. The summed E-state index contributed by atoms with van der Waals surface area (Å²) in [5.41, 5.74) is 0.448. The highest BCUT2D eigenvalue weighted by Gasteiger charge is 2.25. The average Bonchev–Trinajstić information content (AvgIpc) is 3.12. The molecule has 0 aliphatic carbocycles. The smallest absolute Gasteiger partial charge is 0.257 e. The molecule has 2 aromatic rings. The van der Waals surface area contributed by atoms with Crippen LogP contribution < -0.4 is 9.47 Å². The zero-order valence-corrected chi connectivity index (χ0v) is 17.4. The van der Waals surface area contributed by atoms with E-state index in [1.54, 1.807) is 44.2 Å². The Kier molecular flexibility index (Phi) is 6.46. The summed E-state index contributed by atoms with van der Waals surface area (Å²) >= 11 is 0. The van der Waals surface area contributed by atoms with Crippen LogP contribution in [0.2, 0.25) is 0 Å². The monoisotopic (exact) mass is 400 g/mol. The number of likely N-dealkylation sites (tertiary alicyclic amines) is 1. The third kappa shape index (κ3) is 5.10. The van der Waals surface area contributed by atoms with Crippen LogP contribution in [-0.4, -0.2) is 55.0 Å². The Bertz CT molecular complexity index is 868. The normalized spacial score (nSPS) is 14.6. The summed E-state index contributed by atoms with van der Waals surface area (Å²) in [5.74, 6) is 2.56. The third-order valence-electron chi connectivity index (χ3n) is 5.13. The van der Waals surface area contributed by atoms with Crippen molar-refractivity contribution >= 4 is 11.8 Å². The summed E-state index contributed by atoms with van der Waals surface area (Å²) < 4.78 is 17.1. The number of furan rings is 1. The van der Waals surface area contributed by atoms with Crippen molar-refractivity contribution in [3.63, 3.8) is 0 Å². The minimum atomic E-state index is -0.172. The van der Waals surface area contributed by atoms with Crippen molar-refractivity contribution < 1.29 is 23.5 Å². The van der Waals surface area contributed by atoms with Crippen molar-refractivity contribution in [3.05, 3.63) is 47.4 Å². The lowest BCUT2D eigenvalue weighted by atomic mass is 10.1. The molecule has 156 valence electrons. The van der Waals surface area contributed by atoms with Gasteiger partial charge in [-0.3, -0.25) is 9.59 Å². The Morgan fingerprint density at radius 3 is 2.52 bits per heavy atom. The number of carbonyl (C=O) groups excluding carboxylic acids is 2. The molecule has 0 saturated carbocycles. The lowest BCUT2D eigenvalue weighted by Gasteiger charge is -2.32. The van der Waals surface area contributed by atoms with Crippen LogP contribution in [0, 0.1) is 6.92 Å². The van der Waals surface area contributed by atoms with Gasteiger partial charge in [0.2, 0.25) is 5.91 Å². The van der Waals surface area contributed by atoms with E-state index in [9.17, 15) is 9.59 Å². The number of hydrogen-bond acceptors (Lipinski definition) is 5. The fourth-order valence-corrected chi connectivity index (χ4v) is 3.46. The SMILES string of the molecule is COc1ccc(OC2CCN(C(C)=O)CC2)c(C(=O)N(C)Cc2ccc(C)o2)c1. The summed E-state index contributed by atoms with van der Waals surface area (Å²) in [6.07, 6.45) is 1.44.